The largest absolute Gasteiger partial charge is 0.368 e. The number of fused-ring (bicyclic) bond motifs is 1. The average Bonchev–Trinajstić information content (AvgIpc) is 2.78. The van der Waals surface area contributed by atoms with Crippen LogP contribution >= 0.6 is 0 Å². The summed E-state index contributed by atoms with van der Waals surface area (Å²) in [5, 5.41) is 11.7. The molecule has 0 atom stereocenters. The first-order chi connectivity index (χ1) is 15.9. The maximum atomic E-state index is 14.9. The Balaban J connectivity index is 1.52. The first kappa shape index (κ1) is 22.7. The molecule has 9 heteroatoms. The molecule has 0 radical (unpaired) electrons. The Morgan fingerprint density at radius 3 is 2.64 bits per heavy atom. The molecule has 1 fully saturated rings. The van der Waals surface area contributed by atoms with Crippen LogP contribution in [0.1, 0.15) is 30.8 Å². The van der Waals surface area contributed by atoms with E-state index in [4.69, 9.17) is 10.9 Å². The Labute approximate surface area is 191 Å². The van der Waals surface area contributed by atoms with Crippen LogP contribution in [0.15, 0.2) is 46.3 Å². The summed E-state index contributed by atoms with van der Waals surface area (Å²) in [6.07, 6.45) is 0.733. The minimum atomic E-state index is -0.510. The number of hydrogen-bond acceptors (Lipinski definition) is 6. The van der Waals surface area contributed by atoms with Crippen LogP contribution in [0.2, 0.25) is 0 Å². The number of nitrogens with zero attached hydrogens (tertiary/aromatic N) is 4. The Morgan fingerprint density at radius 1 is 1.21 bits per heavy atom. The van der Waals surface area contributed by atoms with E-state index < -0.39 is 5.82 Å². The molecule has 1 aliphatic rings. The summed E-state index contributed by atoms with van der Waals surface area (Å²) < 4.78 is 14.9. The molecule has 2 aromatic carbocycles. The third kappa shape index (κ3) is 4.98. The molecule has 1 saturated heterocycles. The number of amidine groups is 1. The van der Waals surface area contributed by atoms with Crippen LogP contribution < -0.4 is 10.5 Å². The summed E-state index contributed by atoms with van der Waals surface area (Å²) in [6, 6.07) is 10.7. The van der Waals surface area contributed by atoms with E-state index in [1.165, 1.54) is 6.07 Å². The van der Waals surface area contributed by atoms with Crippen molar-refractivity contribution in [1.82, 2.24) is 14.9 Å². The maximum Gasteiger partial charge on any atom is 0.258 e. The summed E-state index contributed by atoms with van der Waals surface area (Å²) in [4.78, 5) is 24.0. The zero-order valence-corrected chi connectivity index (χ0v) is 18.9. The zero-order chi connectivity index (χ0) is 23.5. The number of anilines is 1. The molecule has 1 aliphatic heterocycles. The molecule has 0 spiro atoms. The first-order valence-electron chi connectivity index (χ1n) is 11.1. The van der Waals surface area contributed by atoms with Crippen molar-refractivity contribution in [2.45, 2.75) is 26.8 Å². The number of H-pyrrole nitrogens is 1. The fourth-order valence-electron chi connectivity index (χ4n) is 4.34. The number of para-hydroxylation sites is 1. The van der Waals surface area contributed by atoms with Crippen LogP contribution in [0, 0.1) is 22.7 Å². The lowest BCUT2D eigenvalue weighted by molar-refractivity contribution is 0.244. The van der Waals surface area contributed by atoms with Crippen LogP contribution in [0.25, 0.3) is 10.9 Å². The van der Waals surface area contributed by atoms with E-state index in [1.807, 2.05) is 24.3 Å². The lowest BCUT2D eigenvalue weighted by atomic mass is 9.98. The van der Waals surface area contributed by atoms with Gasteiger partial charge in [-0.05, 0) is 42.2 Å². The molecule has 3 aromatic rings. The predicted molar refractivity (Wildman–Crippen MR) is 127 cm³/mol. The number of hydrogen-bond donors (Lipinski definition) is 3. The van der Waals surface area contributed by atoms with E-state index in [9.17, 15) is 9.18 Å². The van der Waals surface area contributed by atoms with Crippen molar-refractivity contribution in [2.24, 2.45) is 11.0 Å². The fourth-order valence-corrected chi connectivity index (χ4v) is 4.34. The summed E-state index contributed by atoms with van der Waals surface area (Å²) in [6.45, 7) is 7.31. The minimum absolute atomic E-state index is 0.0754. The number of nitrogens with one attached hydrogen (secondary N) is 3. The summed E-state index contributed by atoms with van der Waals surface area (Å²) in [7, 11) is 0. The molecule has 0 aliphatic carbocycles. The van der Waals surface area contributed by atoms with Gasteiger partial charge in [0.05, 0.1) is 28.7 Å². The normalized spacial score (nSPS) is 14.7. The molecule has 4 rings (SSSR count). The number of aromatic amines is 1. The quantitative estimate of drug-likeness (QED) is 0.301. The van der Waals surface area contributed by atoms with Crippen molar-refractivity contribution in [1.29, 1.82) is 10.9 Å². The van der Waals surface area contributed by atoms with E-state index in [2.05, 4.69) is 38.7 Å². The highest BCUT2D eigenvalue weighted by Gasteiger charge is 2.24. The fraction of sp³-hybridized carbons (Fsp3) is 0.375. The molecular formula is C24H28FN7O. The van der Waals surface area contributed by atoms with Crippen molar-refractivity contribution >= 4 is 22.4 Å². The molecule has 1 aromatic heterocycles. The number of piperazine rings is 1. The second-order valence-electron chi connectivity index (χ2n) is 8.82. The van der Waals surface area contributed by atoms with E-state index in [0.717, 1.165) is 12.0 Å². The van der Waals surface area contributed by atoms with Gasteiger partial charge in [0.1, 0.15) is 11.6 Å². The highest BCUT2D eigenvalue weighted by Crippen LogP contribution is 2.29. The van der Waals surface area contributed by atoms with Crippen molar-refractivity contribution < 1.29 is 4.39 Å². The molecule has 0 amide bonds. The minimum Gasteiger partial charge on any atom is -0.368 e. The lowest BCUT2D eigenvalue weighted by Crippen LogP contribution is -2.46. The van der Waals surface area contributed by atoms with E-state index in [1.54, 1.807) is 6.07 Å². The number of aromatic nitrogens is 2. The Morgan fingerprint density at radius 2 is 1.94 bits per heavy atom. The highest BCUT2D eigenvalue weighted by atomic mass is 19.1. The zero-order valence-electron chi connectivity index (χ0n) is 18.9. The topological polar surface area (TPSA) is 112 Å². The van der Waals surface area contributed by atoms with Gasteiger partial charge in [0.2, 0.25) is 0 Å². The lowest BCUT2D eigenvalue weighted by Gasteiger charge is -2.37. The van der Waals surface area contributed by atoms with Crippen molar-refractivity contribution in [3.8, 4) is 0 Å². The summed E-state index contributed by atoms with van der Waals surface area (Å²) in [5.74, 6) is 0.105. The molecule has 2 heterocycles. The summed E-state index contributed by atoms with van der Waals surface area (Å²) >= 11 is 0. The van der Waals surface area contributed by atoms with Crippen molar-refractivity contribution in [3.63, 3.8) is 0 Å². The van der Waals surface area contributed by atoms with Gasteiger partial charge in [-0.2, -0.15) is 0 Å². The Hall–Kier alpha value is -3.46. The molecule has 33 heavy (non-hydrogen) atoms. The second kappa shape index (κ2) is 9.58. The first-order valence-corrected chi connectivity index (χ1v) is 11.1. The van der Waals surface area contributed by atoms with Gasteiger partial charge >= 0.3 is 0 Å². The van der Waals surface area contributed by atoms with Gasteiger partial charge in [0.25, 0.3) is 5.56 Å². The molecular weight excluding hydrogens is 421 g/mol. The van der Waals surface area contributed by atoms with Gasteiger partial charge in [0.15, 0.2) is 5.84 Å². The maximum absolute atomic E-state index is 14.9. The number of rotatable bonds is 6. The second-order valence-corrected chi connectivity index (χ2v) is 8.82. The SMILES string of the molecule is CC(C)Cc1cc(F)c(C(=N)N=N)c(N2CCN(Cc3nc4ccccc4c(=O)[nH]3)CC2)c1. The molecule has 172 valence electrons. The van der Waals surface area contributed by atoms with Crippen molar-refractivity contribution in [2.75, 3.05) is 31.1 Å². The van der Waals surface area contributed by atoms with Crippen LogP contribution in [-0.2, 0) is 13.0 Å². The van der Waals surface area contributed by atoms with Crippen LogP contribution in [-0.4, -0.2) is 46.9 Å². The van der Waals surface area contributed by atoms with E-state index in [0.29, 0.717) is 61.1 Å². The molecule has 0 unspecified atom stereocenters. The van der Waals surface area contributed by atoms with Gasteiger partial charge in [-0.15, -0.1) is 5.11 Å². The molecule has 3 N–H and O–H groups in total. The third-order valence-electron chi connectivity index (χ3n) is 5.87. The van der Waals surface area contributed by atoms with Gasteiger partial charge in [-0.25, -0.2) is 14.9 Å². The number of benzene rings is 2. The van der Waals surface area contributed by atoms with Gasteiger partial charge in [0, 0.05) is 26.2 Å². The highest BCUT2D eigenvalue weighted by molar-refractivity contribution is 6.02. The Bertz CT molecular complexity index is 1250. The average molecular weight is 450 g/mol. The van der Waals surface area contributed by atoms with Crippen molar-refractivity contribution in [3.05, 3.63) is 69.5 Å². The van der Waals surface area contributed by atoms with Gasteiger partial charge < -0.3 is 9.88 Å². The smallest absolute Gasteiger partial charge is 0.258 e. The van der Waals surface area contributed by atoms with Gasteiger partial charge in [-0.3, -0.25) is 15.1 Å². The molecule has 0 bridgehead atoms. The number of halogens is 1. The molecule has 0 saturated carbocycles. The Kier molecular flexibility index (Phi) is 6.60. The van der Waals surface area contributed by atoms with E-state index >= 15 is 0 Å². The molecule has 8 nitrogen and oxygen atoms in total. The van der Waals surface area contributed by atoms with Crippen LogP contribution in [0.3, 0.4) is 0 Å². The standard InChI is InChI=1S/C24H28FN7O/c1-15(2)11-16-12-18(25)22(23(26)30-27)20(13-16)32-9-7-31(8-10-32)14-21-28-19-6-4-3-5-17(19)24(33)29-21/h3-6,12-13,15,26-27H,7-11,14H2,1-2H3,(H,28,29,33). The third-order valence-corrected chi connectivity index (χ3v) is 5.87. The summed E-state index contributed by atoms with van der Waals surface area (Å²) in [5.41, 5.74) is 9.32. The van der Waals surface area contributed by atoms with Crippen LogP contribution in [0.5, 0.6) is 0 Å². The van der Waals surface area contributed by atoms with E-state index in [-0.39, 0.29) is 17.0 Å². The van der Waals surface area contributed by atoms with Gasteiger partial charge in [-0.1, -0.05) is 26.0 Å². The van der Waals surface area contributed by atoms with Crippen LogP contribution in [0.4, 0.5) is 10.1 Å². The monoisotopic (exact) mass is 449 g/mol. The predicted octanol–water partition coefficient (Wildman–Crippen LogP) is 3.94.